The third-order valence-corrected chi connectivity index (χ3v) is 3.57. The topological polar surface area (TPSA) is 35.5 Å². The van der Waals surface area contributed by atoms with E-state index in [9.17, 15) is 4.79 Å². The van der Waals surface area contributed by atoms with E-state index in [-0.39, 0.29) is 12.1 Å². The van der Waals surface area contributed by atoms with Crippen LogP contribution in [-0.2, 0) is 16.0 Å². The van der Waals surface area contributed by atoms with Gasteiger partial charge in [0.25, 0.3) is 0 Å². The van der Waals surface area contributed by atoms with Crippen LogP contribution in [0.5, 0.6) is 5.75 Å². The Kier molecular flexibility index (Phi) is 5.67. The lowest BCUT2D eigenvalue weighted by atomic mass is 9.96. The smallest absolute Gasteiger partial charge is 0.350 e. The zero-order valence-corrected chi connectivity index (χ0v) is 14.3. The van der Waals surface area contributed by atoms with Crippen molar-refractivity contribution in [2.75, 3.05) is 0 Å². The van der Waals surface area contributed by atoms with Gasteiger partial charge >= 0.3 is 5.97 Å². The molecule has 0 spiro atoms. The molecular formula is C19H21ClO3. The van der Waals surface area contributed by atoms with E-state index in [2.05, 4.69) is 0 Å². The van der Waals surface area contributed by atoms with E-state index in [1.54, 1.807) is 19.1 Å². The van der Waals surface area contributed by atoms with Gasteiger partial charge in [0.05, 0.1) is 6.10 Å². The monoisotopic (exact) mass is 332 g/mol. The molecule has 0 bridgehead atoms. The maximum atomic E-state index is 12.6. The maximum absolute atomic E-state index is 12.6. The molecule has 0 aliphatic heterocycles. The standard InChI is InChI=1S/C19H21ClO3/c1-14(2)22-18(21)19(3,23-17-7-5-4-6-8-17)13-15-9-11-16(20)12-10-15/h4-12,14H,13H2,1-3H3. The summed E-state index contributed by atoms with van der Waals surface area (Å²) in [6.07, 6.45) is 0.191. The Labute approximate surface area is 142 Å². The number of hydrogen-bond acceptors (Lipinski definition) is 3. The van der Waals surface area contributed by atoms with Gasteiger partial charge in [-0.05, 0) is 50.6 Å². The Balaban J connectivity index is 2.26. The SMILES string of the molecule is CC(C)OC(=O)C(C)(Cc1ccc(Cl)cc1)Oc1ccccc1. The van der Waals surface area contributed by atoms with Crippen LogP contribution in [0.25, 0.3) is 0 Å². The highest BCUT2D eigenvalue weighted by Crippen LogP contribution is 2.25. The molecule has 122 valence electrons. The van der Waals surface area contributed by atoms with Crippen molar-refractivity contribution in [2.45, 2.75) is 38.9 Å². The molecule has 0 aromatic heterocycles. The highest BCUT2D eigenvalue weighted by molar-refractivity contribution is 6.30. The second-order valence-electron chi connectivity index (χ2n) is 5.90. The molecule has 0 saturated carbocycles. The highest BCUT2D eigenvalue weighted by Gasteiger charge is 2.38. The van der Waals surface area contributed by atoms with Crippen molar-refractivity contribution in [3.63, 3.8) is 0 Å². The lowest BCUT2D eigenvalue weighted by molar-refractivity contribution is -0.164. The van der Waals surface area contributed by atoms with Crippen molar-refractivity contribution in [1.82, 2.24) is 0 Å². The summed E-state index contributed by atoms with van der Waals surface area (Å²) >= 11 is 5.92. The Morgan fingerprint density at radius 3 is 2.26 bits per heavy atom. The fourth-order valence-electron chi connectivity index (χ4n) is 2.23. The van der Waals surface area contributed by atoms with Crippen LogP contribution in [0.1, 0.15) is 26.3 Å². The second kappa shape index (κ2) is 7.51. The van der Waals surface area contributed by atoms with Crippen LogP contribution in [0.15, 0.2) is 54.6 Å². The fraction of sp³-hybridized carbons (Fsp3) is 0.316. The Bertz CT molecular complexity index is 637. The number of esters is 1. The van der Waals surface area contributed by atoms with Crippen LogP contribution in [0.3, 0.4) is 0 Å². The summed E-state index contributed by atoms with van der Waals surface area (Å²) in [5, 5.41) is 0.657. The van der Waals surface area contributed by atoms with Gasteiger partial charge in [0, 0.05) is 11.4 Å². The first-order chi connectivity index (χ1) is 10.9. The minimum Gasteiger partial charge on any atom is -0.476 e. The van der Waals surface area contributed by atoms with Crippen molar-refractivity contribution < 1.29 is 14.3 Å². The molecule has 2 aromatic rings. The number of halogens is 1. The van der Waals surface area contributed by atoms with Crippen molar-refractivity contribution >= 4 is 17.6 Å². The molecule has 2 rings (SSSR count). The van der Waals surface area contributed by atoms with Crippen LogP contribution < -0.4 is 4.74 Å². The van der Waals surface area contributed by atoms with E-state index < -0.39 is 5.60 Å². The number of benzene rings is 2. The van der Waals surface area contributed by atoms with Gasteiger partial charge in [0.1, 0.15) is 5.75 Å². The number of rotatable bonds is 6. The van der Waals surface area contributed by atoms with E-state index in [4.69, 9.17) is 21.1 Å². The average Bonchev–Trinajstić information content (AvgIpc) is 2.50. The molecule has 2 aromatic carbocycles. The predicted molar refractivity (Wildman–Crippen MR) is 91.9 cm³/mol. The van der Waals surface area contributed by atoms with Gasteiger partial charge < -0.3 is 9.47 Å². The first-order valence-electron chi connectivity index (χ1n) is 7.59. The lowest BCUT2D eigenvalue weighted by Crippen LogP contribution is -2.45. The van der Waals surface area contributed by atoms with Crippen LogP contribution in [0.2, 0.25) is 5.02 Å². The molecule has 0 fully saturated rings. The molecule has 1 unspecified atom stereocenters. The van der Waals surface area contributed by atoms with Crippen LogP contribution in [0.4, 0.5) is 0 Å². The molecule has 23 heavy (non-hydrogen) atoms. The summed E-state index contributed by atoms with van der Waals surface area (Å²) in [5.74, 6) is 0.246. The summed E-state index contributed by atoms with van der Waals surface area (Å²) in [6, 6.07) is 16.6. The van der Waals surface area contributed by atoms with Gasteiger partial charge in [-0.1, -0.05) is 41.9 Å². The predicted octanol–water partition coefficient (Wildman–Crippen LogP) is 4.67. The average molecular weight is 333 g/mol. The molecule has 0 aliphatic rings. The van der Waals surface area contributed by atoms with Crippen LogP contribution >= 0.6 is 11.6 Å². The first kappa shape index (κ1) is 17.4. The zero-order valence-electron chi connectivity index (χ0n) is 13.6. The molecule has 0 aliphatic carbocycles. The zero-order chi connectivity index (χ0) is 16.9. The highest BCUT2D eigenvalue weighted by atomic mass is 35.5. The van der Waals surface area contributed by atoms with Crippen molar-refractivity contribution in [1.29, 1.82) is 0 Å². The number of para-hydroxylation sites is 1. The van der Waals surface area contributed by atoms with E-state index in [1.165, 1.54) is 0 Å². The largest absolute Gasteiger partial charge is 0.476 e. The number of ether oxygens (including phenoxy) is 2. The van der Waals surface area contributed by atoms with E-state index in [0.717, 1.165) is 5.56 Å². The fourth-order valence-corrected chi connectivity index (χ4v) is 2.36. The second-order valence-corrected chi connectivity index (χ2v) is 6.34. The summed E-state index contributed by atoms with van der Waals surface area (Å²) in [4.78, 5) is 12.6. The van der Waals surface area contributed by atoms with Crippen LogP contribution in [-0.4, -0.2) is 17.7 Å². The van der Waals surface area contributed by atoms with Crippen molar-refractivity contribution in [2.24, 2.45) is 0 Å². The molecule has 0 N–H and O–H groups in total. The number of hydrogen-bond donors (Lipinski definition) is 0. The molecule has 3 nitrogen and oxygen atoms in total. The minimum absolute atomic E-state index is 0.202. The molecular weight excluding hydrogens is 312 g/mol. The first-order valence-corrected chi connectivity index (χ1v) is 7.96. The molecule has 0 radical (unpaired) electrons. The van der Waals surface area contributed by atoms with E-state index in [1.807, 2.05) is 56.3 Å². The van der Waals surface area contributed by atoms with Gasteiger partial charge in [0.2, 0.25) is 5.60 Å². The molecule has 0 amide bonds. The van der Waals surface area contributed by atoms with E-state index >= 15 is 0 Å². The van der Waals surface area contributed by atoms with Crippen LogP contribution in [0, 0.1) is 0 Å². The third kappa shape index (κ3) is 5.00. The number of carbonyl (C=O) groups is 1. The molecule has 0 heterocycles. The van der Waals surface area contributed by atoms with Gasteiger partial charge in [-0.15, -0.1) is 0 Å². The number of carbonyl (C=O) groups excluding carboxylic acids is 1. The summed E-state index contributed by atoms with van der Waals surface area (Å²) < 4.78 is 11.4. The summed E-state index contributed by atoms with van der Waals surface area (Å²) in [6.45, 7) is 5.39. The van der Waals surface area contributed by atoms with Gasteiger partial charge in [-0.2, -0.15) is 0 Å². The maximum Gasteiger partial charge on any atom is 0.350 e. The van der Waals surface area contributed by atoms with Crippen molar-refractivity contribution in [3.05, 3.63) is 65.2 Å². The quantitative estimate of drug-likeness (QED) is 0.721. The van der Waals surface area contributed by atoms with Gasteiger partial charge in [-0.3, -0.25) is 0 Å². The van der Waals surface area contributed by atoms with Gasteiger partial charge in [-0.25, -0.2) is 4.79 Å². The van der Waals surface area contributed by atoms with Crippen molar-refractivity contribution in [3.8, 4) is 5.75 Å². The van der Waals surface area contributed by atoms with Gasteiger partial charge in [0.15, 0.2) is 0 Å². The Hall–Kier alpha value is -2.00. The molecule has 1 atom stereocenters. The van der Waals surface area contributed by atoms with E-state index in [0.29, 0.717) is 17.2 Å². The Morgan fingerprint density at radius 1 is 1.09 bits per heavy atom. The lowest BCUT2D eigenvalue weighted by Gasteiger charge is -2.29. The normalized spacial score (nSPS) is 13.4. The molecule has 0 saturated heterocycles. The summed E-state index contributed by atoms with van der Waals surface area (Å²) in [5.41, 5.74) is -0.159. The summed E-state index contributed by atoms with van der Waals surface area (Å²) in [7, 11) is 0. The molecule has 4 heteroatoms. The minimum atomic E-state index is -1.11. The Morgan fingerprint density at radius 2 is 1.70 bits per heavy atom. The third-order valence-electron chi connectivity index (χ3n) is 3.32.